The van der Waals surface area contributed by atoms with Crippen LogP contribution in [0.3, 0.4) is 0 Å². The van der Waals surface area contributed by atoms with E-state index in [9.17, 15) is 0 Å². The van der Waals surface area contributed by atoms with Gasteiger partial charge in [0.05, 0.1) is 5.69 Å². The molecule has 0 fully saturated rings. The molecule has 10 heavy (non-hydrogen) atoms. The largest absolute Gasteiger partial charge is 0.285 e. The number of aryl methyl sites for hydroxylation is 1. The van der Waals surface area contributed by atoms with Crippen LogP contribution in [-0.2, 0) is 6.42 Å². The normalized spacial score (nSPS) is 10.8. The molecule has 2 nitrogen and oxygen atoms in total. The number of H-pyrrole nitrogens is 1. The van der Waals surface area contributed by atoms with Crippen LogP contribution in [0.5, 0.6) is 0 Å². The van der Waals surface area contributed by atoms with Crippen molar-refractivity contribution in [1.82, 2.24) is 10.2 Å². The van der Waals surface area contributed by atoms with Crippen molar-refractivity contribution >= 4 is 0 Å². The molecule has 1 rings (SSSR count). The molecule has 0 saturated carbocycles. The molecule has 1 N–H and O–H groups in total. The van der Waals surface area contributed by atoms with Crippen molar-refractivity contribution in [2.75, 3.05) is 0 Å². The molecule has 0 aliphatic carbocycles. The molecule has 2 heteroatoms. The van der Waals surface area contributed by atoms with Gasteiger partial charge in [0.1, 0.15) is 0 Å². The topological polar surface area (TPSA) is 28.7 Å². The van der Waals surface area contributed by atoms with Gasteiger partial charge in [-0.2, -0.15) is 5.10 Å². The van der Waals surface area contributed by atoms with E-state index in [2.05, 4.69) is 31.0 Å². The number of aromatic amines is 1. The Bertz CT molecular complexity index is 201. The Hall–Kier alpha value is -0.790. The molecule has 55 valence electrons. The summed E-state index contributed by atoms with van der Waals surface area (Å²) in [6.45, 7) is 6.31. The van der Waals surface area contributed by atoms with E-state index in [1.165, 1.54) is 17.2 Å². The second-order valence-electron chi connectivity index (χ2n) is 2.90. The lowest BCUT2D eigenvalue weighted by atomic mass is 10.1. The Labute approximate surface area is 61.7 Å². The molecule has 1 aromatic rings. The quantitative estimate of drug-likeness (QED) is 0.662. The monoisotopic (exact) mass is 137 g/mol. The van der Waals surface area contributed by atoms with E-state index >= 15 is 0 Å². The third-order valence-electron chi connectivity index (χ3n) is 1.46. The predicted molar refractivity (Wildman–Crippen MR) is 41.6 cm³/mol. The molecule has 0 bridgehead atoms. The molecule has 0 amide bonds. The second kappa shape index (κ2) is 2.86. The van der Waals surface area contributed by atoms with Crippen LogP contribution in [0.4, 0.5) is 0 Å². The maximum absolute atomic E-state index is 4.11. The molecule has 1 radical (unpaired) electrons. The van der Waals surface area contributed by atoms with Gasteiger partial charge in [-0.25, -0.2) is 0 Å². The van der Waals surface area contributed by atoms with Gasteiger partial charge in [-0.1, -0.05) is 13.8 Å². The zero-order valence-electron chi connectivity index (χ0n) is 6.73. The first-order valence-corrected chi connectivity index (χ1v) is 3.48. The number of hydrogen-bond acceptors (Lipinski definition) is 1. The van der Waals surface area contributed by atoms with E-state index in [0.717, 1.165) is 6.42 Å². The summed E-state index contributed by atoms with van der Waals surface area (Å²) in [5.41, 5.74) is 2.42. The van der Waals surface area contributed by atoms with Gasteiger partial charge in [0.15, 0.2) is 0 Å². The number of rotatable bonds is 2. The van der Waals surface area contributed by atoms with Crippen molar-refractivity contribution in [3.8, 4) is 0 Å². The van der Waals surface area contributed by atoms with Gasteiger partial charge in [-0.05, 0) is 24.8 Å². The van der Waals surface area contributed by atoms with Crippen molar-refractivity contribution in [2.45, 2.75) is 27.2 Å². The molecular weight excluding hydrogens is 124 g/mol. The summed E-state index contributed by atoms with van der Waals surface area (Å²) in [5, 5.41) is 6.95. The van der Waals surface area contributed by atoms with Crippen molar-refractivity contribution < 1.29 is 0 Å². The zero-order valence-corrected chi connectivity index (χ0v) is 6.73. The average Bonchev–Trinajstić information content (AvgIpc) is 2.15. The van der Waals surface area contributed by atoms with Crippen LogP contribution in [0.25, 0.3) is 0 Å². The van der Waals surface area contributed by atoms with E-state index < -0.39 is 0 Å². The lowest BCUT2D eigenvalue weighted by Crippen LogP contribution is -1.93. The maximum Gasteiger partial charge on any atom is 0.0656 e. The van der Waals surface area contributed by atoms with E-state index in [-0.39, 0.29) is 0 Å². The van der Waals surface area contributed by atoms with Gasteiger partial charge in [0, 0.05) is 6.20 Å². The molecule has 0 aliphatic rings. The fraction of sp³-hybridized carbons (Fsp3) is 0.500. The highest BCUT2D eigenvalue weighted by atomic mass is 15.1. The van der Waals surface area contributed by atoms with Crippen molar-refractivity contribution in [1.29, 1.82) is 0 Å². The Morgan fingerprint density at radius 1 is 1.60 bits per heavy atom. The summed E-state index contributed by atoms with van der Waals surface area (Å²) < 4.78 is 0. The molecule has 0 atom stereocenters. The fourth-order valence-corrected chi connectivity index (χ4v) is 0.892. The third kappa shape index (κ3) is 1.59. The summed E-state index contributed by atoms with van der Waals surface area (Å²) in [6.07, 6.45) is 2.92. The average molecular weight is 137 g/mol. The molecule has 1 heterocycles. The Morgan fingerprint density at radius 2 is 2.30 bits per heavy atom. The summed E-state index contributed by atoms with van der Waals surface area (Å²) in [6, 6.07) is 0. The lowest BCUT2D eigenvalue weighted by molar-refractivity contribution is 0.891. The first-order valence-electron chi connectivity index (χ1n) is 3.48. The SMILES string of the molecule is C[C](C)Cc1n[nH]cc1C. The van der Waals surface area contributed by atoms with Crippen LogP contribution in [0.15, 0.2) is 6.20 Å². The van der Waals surface area contributed by atoms with E-state index in [1.54, 1.807) is 0 Å². The molecule has 0 saturated heterocycles. The minimum atomic E-state index is 0.995. The highest BCUT2D eigenvalue weighted by molar-refractivity contribution is 5.16. The van der Waals surface area contributed by atoms with E-state index in [4.69, 9.17) is 0 Å². The van der Waals surface area contributed by atoms with Crippen molar-refractivity contribution in [2.24, 2.45) is 0 Å². The van der Waals surface area contributed by atoms with Crippen LogP contribution in [0, 0.1) is 12.8 Å². The van der Waals surface area contributed by atoms with Crippen LogP contribution < -0.4 is 0 Å². The Balaban J connectivity index is 2.65. The minimum Gasteiger partial charge on any atom is -0.285 e. The number of nitrogens with zero attached hydrogens (tertiary/aromatic N) is 1. The molecular formula is C8H13N2. The van der Waals surface area contributed by atoms with Gasteiger partial charge < -0.3 is 0 Å². The van der Waals surface area contributed by atoms with Gasteiger partial charge in [0.25, 0.3) is 0 Å². The molecule has 0 spiro atoms. The summed E-state index contributed by atoms with van der Waals surface area (Å²) in [4.78, 5) is 0. The molecule has 1 aromatic heterocycles. The second-order valence-corrected chi connectivity index (χ2v) is 2.90. The van der Waals surface area contributed by atoms with Crippen molar-refractivity contribution in [3.63, 3.8) is 0 Å². The highest BCUT2D eigenvalue weighted by Gasteiger charge is 2.02. The summed E-state index contributed by atoms with van der Waals surface area (Å²) in [5.74, 6) is 1.40. The Kier molecular flexibility index (Phi) is 2.10. The first kappa shape index (κ1) is 7.32. The lowest BCUT2D eigenvalue weighted by Gasteiger charge is -1.99. The third-order valence-corrected chi connectivity index (χ3v) is 1.46. The molecule has 0 aromatic carbocycles. The molecule has 0 aliphatic heterocycles. The first-order chi connectivity index (χ1) is 4.70. The zero-order chi connectivity index (χ0) is 7.56. The van der Waals surface area contributed by atoms with Crippen molar-refractivity contribution in [3.05, 3.63) is 23.4 Å². The van der Waals surface area contributed by atoms with Crippen LogP contribution >= 0.6 is 0 Å². The van der Waals surface area contributed by atoms with Crippen LogP contribution in [-0.4, -0.2) is 10.2 Å². The minimum absolute atomic E-state index is 0.995. The maximum atomic E-state index is 4.11. The molecule has 0 unspecified atom stereocenters. The van der Waals surface area contributed by atoms with E-state index in [0.29, 0.717) is 0 Å². The number of nitrogens with one attached hydrogen (secondary N) is 1. The highest BCUT2D eigenvalue weighted by Crippen LogP contribution is 2.09. The Morgan fingerprint density at radius 3 is 2.70 bits per heavy atom. The standard InChI is InChI=1S/C8H13N2/c1-6(2)4-8-7(3)5-9-10-8/h5H,4H2,1-3H3,(H,9,10). The van der Waals surface area contributed by atoms with Crippen LogP contribution in [0.2, 0.25) is 0 Å². The number of aromatic nitrogens is 2. The van der Waals surface area contributed by atoms with Crippen LogP contribution in [0.1, 0.15) is 25.1 Å². The summed E-state index contributed by atoms with van der Waals surface area (Å²) in [7, 11) is 0. The van der Waals surface area contributed by atoms with Gasteiger partial charge in [-0.3, -0.25) is 5.10 Å². The van der Waals surface area contributed by atoms with Gasteiger partial charge in [0.2, 0.25) is 0 Å². The smallest absolute Gasteiger partial charge is 0.0656 e. The number of hydrogen-bond donors (Lipinski definition) is 1. The van der Waals surface area contributed by atoms with E-state index in [1.807, 2.05) is 6.20 Å². The predicted octanol–water partition coefficient (Wildman–Crippen LogP) is 1.87. The van der Waals surface area contributed by atoms with Gasteiger partial charge in [-0.15, -0.1) is 0 Å². The fourth-order valence-electron chi connectivity index (χ4n) is 0.892. The van der Waals surface area contributed by atoms with Gasteiger partial charge >= 0.3 is 0 Å². The summed E-state index contributed by atoms with van der Waals surface area (Å²) >= 11 is 0.